The van der Waals surface area contributed by atoms with Gasteiger partial charge in [-0.15, -0.1) is 11.3 Å². The van der Waals surface area contributed by atoms with E-state index in [-0.39, 0.29) is 23.9 Å². The van der Waals surface area contributed by atoms with Gasteiger partial charge in [0.2, 0.25) is 5.91 Å². The van der Waals surface area contributed by atoms with E-state index in [0.717, 1.165) is 37.1 Å². The average molecular weight is 490 g/mol. The Labute approximate surface area is 204 Å². The van der Waals surface area contributed by atoms with Gasteiger partial charge in [0, 0.05) is 28.9 Å². The van der Waals surface area contributed by atoms with Crippen molar-refractivity contribution in [1.29, 1.82) is 0 Å². The van der Waals surface area contributed by atoms with Crippen LogP contribution in [0.25, 0.3) is 0 Å². The molecule has 2 fully saturated rings. The average Bonchev–Trinajstić information content (AvgIpc) is 3.51. The molecular formula is C25H32ClN3O3S. The quantitative estimate of drug-likeness (QED) is 0.487. The molecule has 33 heavy (non-hydrogen) atoms. The number of benzene rings is 1. The molecule has 2 aromatic rings. The second kappa shape index (κ2) is 11.8. The molecule has 2 amide bonds. The van der Waals surface area contributed by atoms with Gasteiger partial charge < -0.3 is 15.4 Å². The minimum Gasteiger partial charge on any atom is -0.486 e. The predicted octanol–water partition coefficient (Wildman–Crippen LogP) is 5.50. The first kappa shape index (κ1) is 24.0. The van der Waals surface area contributed by atoms with Crippen LogP contribution in [-0.2, 0) is 11.4 Å². The van der Waals surface area contributed by atoms with Crippen LogP contribution in [0.15, 0.2) is 29.6 Å². The number of hydrogen-bond donors (Lipinski definition) is 2. The van der Waals surface area contributed by atoms with Crippen LogP contribution in [0, 0.1) is 5.92 Å². The number of amides is 2. The van der Waals surface area contributed by atoms with Gasteiger partial charge in [-0.25, -0.2) is 4.98 Å². The second-order valence-electron chi connectivity index (χ2n) is 9.10. The SMILES string of the molecule is O=C(CCC1CCCC1)N[C@H]1CCCC[C@H]1NC(=O)c1csc(COc2ccc(Cl)cc2)n1. The minimum absolute atomic E-state index is 0.00915. The zero-order chi connectivity index (χ0) is 23.0. The van der Waals surface area contributed by atoms with E-state index in [1.54, 1.807) is 29.6 Å². The first-order valence-electron chi connectivity index (χ1n) is 12.0. The van der Waals surface area contributed by atoms with Crippen molar-refractivity contribution in [1.82, 2.24) is 15.6 Å². The smallest absolute Gasteiger partial charge is 0.271 e. The number of hydrogen-bond acceptors (Lipinski definition) is 5. The van der Waals surface area contributed by atoms with Crippen LogP contribution >= 0.6 is 22.9 Å². The van der Waals surface area contributed by atoms with Gasteiger partial charge in [0.25, 0.3) is 5.91 Å². The first-order valence-corrected chi connectivity index (χ1v) is 13.3. The summed E-state index contributed by atoms with van der Waals surface area (Å²) in [7, 11) is 0. The number of nitrogens with zero attached hydrogens (tertiary/aromatic N) is 1. The molecule has 0 saturated heterocycles. The van der Waals surface area contributed by atoms with Crippen LogP contribution in [0.2, 0.25) is 5.02 Å². The summed E-state index contributed by atoms with van der Waals surface area (Å²) in [5.74, 6) is 1.33. The summed E-state index contributed by atoms with van der Waals surface area (Å²) in [4.78, 5) is 29.8. The number of thiazole rings is 1. The molecule has 2 N–H and O–H groups in total. The zero-order valence-electron chi connectivity index (χ0n) is 18.9. The standard InChI is InChI=1S/C25H32ClN3O3S/c26-18-10-12-19(13-11-18)32-15-24-28-22(16-33-24)25(31)29-21-8-4-3-7-20(21)27-23(30)14-9-17-5-1-2-6-17/h10-13,16-17,20-21H,1-9,14-15H2,(H,27,30)(H,29,31)/t20-,21+/m0/s1. The number of carbonyl (C=O) groups excluding carboxylic acids is 2. The van der Waals surface area contributed by atoms with E-state index in [1.165, 1.54) is 37.0 Å². The van der Waals surface area contributed by atoms with Gasteiger partial charge in [-0.2, -0.15) is 0 Å². The van der Waals surface area contributed by atoms with Crippen LogP contribution < -0.4 is 15.4 Å². The topological polar surface area (TPSA) is 80.3 Å². The number of rotatable bonds is 9. The summed E-state index contributed by atoms with van der Waals surface area (Å²) in [6, 6.07) is 7.07. The lowest BCUT2D eigenvalue weighted by atomic mass is 9.90. The maximum absolute atomic E-state index is 12.8. The molecule has 2 aliphatic carbocycles. The zero-order valence-corrected chi connectivity index (χ0v) is 20.4. The van der Waals surface area contributed by atoms with Crippen molar-refractivity contribution in [3.05, 3.63) is 45.4 Å². The summed E-state index contributed by atoms with van der Waals surface area (Å²) in [6.07, 6.45) is 10.6. The van der Waals surface area contributed by atoms with Crippen molar-refractivity contribution < 1.29 is 14.3 Å². The molecule has 2 aliphatic rings. The fourth-order valence-corrected chi connectivity index (χ4v) is 5.60. The summed E-state index contributed by atoms with van der Waals surface area (Å²) in [6.45, 7) is 0.294. The van der Waals surface area contributed by atoms with E-state index in [4.69, 9.17) is 16.3 Å². The second-order valence-corrected chi connectivity index (χ2v) is 10.5. The van der Waals surface area contributed by atoms with E-state index in [2.05, 4.69) is 15.6 Å². The largest absolute Gasteiger partial charge is 0.486 e. The number of aromatic nitrogens is 1. The first-order chi connectivity index (χ1) is 16.1. The molecule has 0 bridgehead atoms. The van der Waals surface area contributed by atoms with Crippen molar-refractivity contribution in [3.8, 4) is 5.75 Å². The molecule has 1 aromatic carbocycles. The Morgan fingerprint density at radius 2 is 1.67 bits per heavy atom. The van der Waals surface area contributed by atoms with E-state index in [9.17, 15) is 9.59 Å². The fraction of sp³-hybridized carbons (Fsp3) is 0.560. The summed E-state index contributed by atoms with van der Waals surface area (Å²) < 4.78 is 5.72. The fourth-order valence-electron chi connectivity index (χ4n) is 4.79. The molecule has 6 nitrogen and oxygen atoms in total. The monoisotopic (exact) mass is 489 g/mol. The number of halogens is 1. The molecule has 8 heteroatoms. The van der Waals surface area contributed by atoms with Crippen molar-refractivity contribution in [3.63, 3.8) is 0 Å². The summed E-state index contributed by atoms with van der Waals surface area (Å²) in [5, 5.41) is 9.46. The van der Waals surface area contributed by atoms with E-state index in [0.29, 0.717) is 35.4 Å². The van der Waals surface area contributed by atoms with E-state index in [1.807, 2.05) is 0 Å². The maximum atomic E-state index is 12.8. The third kappa shape index (κ3) is 7.18. The van der Waals surface area contributed by atoms with Gasteiger partial charge in [0.05, 0.1) is 0 Å². The normalized spacial score (nSPS) is 21.0. The van der Waals surface area contributed by atoms with Crippen LogP contribution in [0.4, 0.5) is 0 Å². The van der Waals surface area contributed by atoms with E-state index >= 15 is 0 Å². The van der Waals surface area contributed by atoms with Crippen molar-refractivity contribution in [2.24, 2.45) is 5.92 Å². The lowest BCUT2D eigenvalue weighted by Crippen LogP contribution is -2.53. The van der Waals surface area contributed by atoms with Crippen molar-refractivity contribution >= 4 is 34.8 Å². The minimum atomic E-state index is -0.193. The van der Waals surface area contributed by atoms with Crippen LogP contribution in [0.5, 0.6) is 5.75 Å². The van der Waals surface area contributed by atoms with Crippen LogP contribution in [-0.4, -0.2) is 28.9 Å². The molecule has 4 rings (SSSR count). The molecule has 1 aromatic heterocycles. The molecule has 0 spiro atoms. The summed E-state index contributed by atoms with van der Waals surface area (Å²) >= 11 is 7.29. The highest BCUT2D eigenvalue weighted by Gasteiger charge is 2.29. The highest BCUT2D eigenvalue weighted by molar-refractivity contribution is 7.09. The van der Waals surface area contributed by atoms with Gasteiger partial charge in [-0.05, 0) is 49.4 Å². The predicted molar refractivity (Wildman–Crippen MR) is 131 cm³/mol. The molecule has 1 heterocycles. The molecule has 2 saturated carbocycles. The molecule has 0 unspecified atom stereocenters. The molecular weight excluding hydrogens is 458 g/mol. The lowest BCUT2D eigenvalue weighted by Gasteiger charge is -2.32. The van der Waals surface area contributed by atoms with Crippen LogP contribution in [0.1, 0.15) is 79.7 Å². The number of ether oxygens (including phenoxy) is 1. The third-order valence-corrected chi connectivity index (χ3v) is 7.72. The van der Waals surface area contributed by atoms with Gasteiger partial charge >= 0.3 is 0 Å². The Hall–Kier alpha value is -2.12. The Kier molecular flexibility index (Phi) is 8.62. The maximum Gasteiger partial charge on any atom is 0.271 e. The van der Waals surface area contributed by atoms with Crippen molar-refractivity contribution in [2.45, 2.75) is 82.9 Å². The number of carbonyl (C=O) groups is 2. The highest BCUT2D eigenvalue weighted by Crippen LogP contribution is 2.28. The highest BCUT2D eigenvalue weighted by atomic mass is 35.5. The Balaban J connectivity index is 1.26. The summed E-state index contributed by atoms with van der Waals surface area (Å²) in [5.41, 5.74) is 0.395. The van der Waals surface area contributed by atoms with Crippen LogP contribution in [0.3, 0.4) is 0 Å². The van der Waals surface area contributed by atoms with Gasteiger partial charge in [-0.3, -0.25) is 9.59 Å². The van der Waals surface area contributed by atoms with Crippen molar-refractivity contribution in [2.75, 3.05) is 0 Å². The van der Waals surface area contributed by atoms with Gasteiger partial charge in [-0.1, -0.05) is 50.1 Å². The van der Waals surface area contributed by atoms with Gasteiger partial charge in [0.15, 0.2) is 0 Å². The Morgan fingerprint density at radius 1 is 1.00 bits per heavy atom. The third-order valence-electron chi connectivity index (χ3n) is 6.64. The molecule has 0 radical (unpaired) electrons. The Bertz CT molecular complexity index is 927. The molecule has 178 valence electrons. The lowest BCUT2D eigenvalue weighted by molar-refractivity contribution is -0.122. The Morgan fingerprint density at radius 3 is 2.39 bits per heavy atom. The molecule has 0 aliphatic heterocycles. The van der Waals surface area contributed by atoms with Gasteiger partial charge in [0.1, 0.15) is 23.1 Å². The van der Waals surface area contributed by atoms with E-state index < -0.39 is 0 Å². The number of nitrogens with one attached hydrogen (secondary N) is 2. The molecule has 2 atom stereocenters.